The van der Waals surface area contributed by atoms with Gasteiger partial charge in [-0.2, -0.15) is 0 Å². The molecule has 1 saturated carbocycles. The number of fused-ring (bicyclic) bond motifs is 1. The zero-order chi connectivity index (χ0) is 20.3. The molecule has 150 valence electrons. The zero-order valence-corrected chi connectivity index (χ0v) is 16.9. The Labute approximate surface area is 165 Å². The lowest BCUT2D eigenvalue weighted by atomic mass is 10.2. The molecule has 1 fully saturated rings. The van der Waals surface area contributed by atoms with Crippen LogP contribution in [0.25, 0.3) is 10.9 Å². The number of hydrogen-bond donors (Lipinski definition) is 0. The van der Waals surface area contributed by atoms with E-state index in [2.05, 4.69) is 4.98 Å². The standard InChI is InChI=1S/C21H28N4O3/c1-4-24(5-2)20(27)14-23(3)19(26)13-12-18-22-17-9-7-6-8-16(17)21(28)25(18)15-10-11-15/h6-9,15H,4-5,10-14H2,1-3H3. The first-order valence-corrected chi connectivity index (χ1v) is 9.98. The summed E-state index contributed by atoms with van der Waals surface area (Å²) in [7, 11) is 1.64. The van der Waals surface area contributed by atoms with Gasteiger partial charge in [0, 0.05) is 39.0 Å². The molecule has 1 aliphatic rings. The van der Waals surface area contributed by atoms with E-state index in [1.54, 1.807) is 22.6 Å². The Bertz CT molecular complexity index is 929. The van der Waals surface area contributed by atoms with Gasteiger partial charge in [-0.05, 0) is 38.8 Å². The quantitative estimate of drug-likeness (QED) is 0.698. The second-order valence-electron chi connectivity index (χ2n) is 7.27. The van der Waals surface area contributed by atoms with Gasteiger partial charge < -0.3 is 9.80 Å². The highest BCUT2D eigenvalue weighted by molar-refractivity contribution is 5.84. The molecule has 0 spiro atoms. The van der Waals surface area contributed by atoms with E-state index in [0.29, 0.717) is 36.2 Å². The van der Waals surface area contributed by atoms with Crippen molar-refractivity contribution in [2.24, 2.45) is 0 Å². The molecule has 28 heavy (non-hydrogen) atoms. The minimum Gasteiger partial charge on any atom is -0.342 e. The van der Waals surface area contributed by atoms with Gasteiger partial charge in [0.25, 0.3) is 5.56 Å². The van der Waals surface area contributed by atoms with Crippen LogP contribution in [0.5, 0.6) is 0 Å². The third-order valence-corrected chi connectivity index (χ3v) is 5.27. The predicted molar refractivity (Wildman–Crippen MR) is 108 cm³/mol. The minimum atomic E-state index is -0.120. The first-order valence-electron chi connectivity index (χ1n) is 9.98. The number of rotatable bonds is 8. The number of aryl methyl sites for hydroxylation is 1. The van der Waals surface area contributed by atoms with Crippen LogP contribution in [0.2, 0.25) is 0 Å². The van der Waals surface area contributed by atoms with Gasteiger partial charge in [-0.25, -0.2) is 4.98 Å². The van der Waals surface area contributed by atoms with Gasteiger partial charge in [0.05, 0.1) is 17.4 Å². The molecule has 2 amide bonds. The smallest absolute Gasteiger partial charge is 0.261 e. The fourth-order valence-electron chi connectivity index (χ4n) is 3.45. The summed E-state index contributed by atoms with van der Waals surface area (Å²) in [6, 6.07) is 7.52. The SMILES string of the molecule is CCN(CC)C(=O)CN(C)C(=O)CCc1nc2ccccc2c(=O)n1C1CC1. The molecule has 0 bridgehead atoms. The number of nitrogens with zero attached hydrogens (tertiary/aromatic N) is 4. The van der Waals surface area contributed by atoms with E-state index in [9.17, 15) is 14.4 Å². The first-order chi connectivity index (χ1) is 13.5. The highest BCUT2D eigenvalue weighted by atomic mass is 16.2. The van der Waals surface area contributed by atoms with Crippen LogP contribution in [0, 0.1) is 0 Å². The second kappa shape index (κ2) is 8.54. The molecule has 0 atom stereocenters. The van der Waals surface area contributed by atoms with E-state index in [1.807, 2.05) is 32.0 Å². The Morgan fingerprint density at radius 3 is 2.46 bits per heavy atom. The first kappa shape index (κ1) is 20.0. The zero-order valence-electron chi connectivity index (χ0n) is 16.9. The number of carbonyl (C=O) groups is 2. The molecule has 2 aromatic rings. The summed E-state index contributed by atoms with van der Waals surface area (Å²) in [5.74, 6) is 0.479. The molecule has 0 aliphatic heterocycles. The molecule has 1 aromatic carbocycles. The van der Waals surface area contributed by atoms with Gasteiger partial charge >= 0.3 is 0 Å². The van der Waals surface area contributed by atoms with E-state index in [1.165, 1.54) is 4.90 Å². The maximum Gasteiger partial charge on any atom is 0.261 e. The molecular weight excluding hydrogens is 356 g/mol. The van der Waals surface area contributed by atoms with E-state index < -0.39 is 0 Å². The molecule has 0 unspecified atom stereocenters. The van der Waals surface area contributed by atoms with Crippen LogP contribution in [-0.4, -0.2) is 57.8 Å². The fraction of sp³-hybridized carbons (Fsp3) is 0.524. The van der Waals surface area contributed by atoms with Crippen LogP contribution < -0.4 is 5.56 Å². The van der Waals surface area contributed by atoms with Crippen molar-refractivity contribution < 1.29 is 9.59 Å². The fourth-order valence-corrected chi connectivity index (χ4v) is 3.45. The minimum absolute atomic E-state index is 0.0272. The number of likely N-dealkylation sites (N-methyl/N-ethyl adjacent to an activating group) is 2. The summed E-state index contributed by atoms with van der Waals surface area (Å²) in [5, 5.41) is 0.617. The van der Waals surface area contributed by atoms with Crippen LogP contribution in [0.1, 0.15) is 45.0 Å². The molecule has 3 rings (SSSR count). The van der Waals surface area contributed by atoms with Gasteiger partial charge in [0.1, 0.15) is 5.82 Å². The summed E-state index contributed by atoms with van der Waals surface area (Å²) in [6.07, 6.45) is 2.55. The number of carbonyl (C=O) groups excluding carboxylic acids is 2. The van der Waals surface area contributed by atoms with Gasteiger partial charge in [-0.1, -0.05) is 12.1 Å². The molecule has 0 saturated heterocycles. The Balaban J connectivity index is 1.73. The summed E-state index contributed by atoms with van der Waals surface area (Å²) in [5.41, 5.74) is 0.637. The van der Waals surface area contributed by atoms with Gasteiger partial charge in [-0.15, -0.1) is 0 Å². The van der Waals surface area contributed by atoms with Crippen molar-refractivity contribution in [1.82, 2.24) is 19.4 Å². The van der Waals surface area contributed by atoms with Gasteiger partial charge in [-0.3, -0.25) is 19.0 Å². The van der Waals surface area contributed by atoms with Crippen molar-refractivity contribution >= 4 is 22.7 Å². The second-order valence-corrected chi connectivity index (χ2v) is 7.27. The summed E-state index contributed by atoms with van der Waals surface area (Å²) in [6.45, 7) is 5.18. The topological polar surface area (TPSA) is 75.5 Å². The molecule has 7 heteroatoms. The van der Waals surface area contributed by atoms with Gasteiger partial charge in [0.2, 0.25) is 11.8 Å². The van der Waals surface area contributed by atoms with E-state index in [-0.39, 0.29) is 36.4 Å². The van der Waals surface area contributed by atoms with Crippen LogP contribution >= 0.6 is 0 Å². The van der Waals surface area contributed by atoms with Crippen LogP contribution in [-0.2, 0) is 16.0 Å². The molecule has 7 nitrogen and oxygen atoms in total. The van der Waals surface area contributed by atoms with E-state index in [0.717, 1.165) is 12.8 Å². The monoisotopic (exact) mass is 384 g/mol. The lowest BCUT2D eigenvalue weighted by molar-refractivity contribution is -0.139. The average Bonchev–Trinajstić information content (AvgIpc) is 3.52. The third kappa shape index (κ3) is 4.24. The molecule has 1 aromatic heterocycles. The third-order valence-electron chi connectivity index (χ3n) is 5.27. The normalized spacial score (nSPS) is 13.5. The molecule has 1 aliphatic carbocycles. The number of hydrogen-bond acceptors (Lipinski definition) is 4. The van der Waals surface area contributed by atoms with Crippen molar-refractivity contribution in [3.05, 3.63) is 40.4 Å². The van der Waals surface area contributed by atoms with Crippen LogP contribution in [0.15, 0.2) is 29.1 Å². The van der Waals surface area contributed by atoms with Crippen molar-refractivity contribution in [3.63, 3.8) is 0 Å². The Morgan fingerprint density at radius 1 is 1.14 bits per heavy atom. The van der Waals surface area contributed by atoms with Crippen molar-refractivity contribution in [2.45, 2.75) is 45.6 Å². The van der Waals surface area contributed by atoms with Crippen molar-refractivity contribution in [3.8, 4) is 0 Å². The average molecular weight is 384 g/mol. The number of benzene rings is 1. The predicted octanol–water partition coefficient (Wildman–Crippen LogP) is 1.99. The Morgan fingerprint density at radius 2 is 1.82 bits per heavy atom. The van der Waals surface area contributed by atoms with Crippen molar-refractivity contribution in [1.29, 1.82) is 0 Å². The Hall–Kier alpha value is -2.70. The number of aromatic nitrogens is 2. The van der Waals surface area contributed by atoms with E-state index >= 15 is 0 Å². The maximum atomic E-state index is 12.9. The molecular formula is C21H28N4O3. The summed E-state index contributed by atoms with van der Waals surface area (Å²) in [4.78, 5) is 45.4. The van der Waals surface area contributed by atoms with Crippen LogP contribution in [0.4, 0.5) is 0 Å². The molecule has 0 radical (unpaired) electrons. The summed E-state index contributed by atoms with van der Waals surface area (Å²) >= 11 is 0. The number of amides is 2. The lowest BCUT2D eigenvalue weighted by Gasteiger charge is -2.23. The largest absolute Gasteiger partial charge is 0.342 e. The van der Waals surface area contributed by atoms with Gasteiger partial charge in [0.15, 0.2) is 0 Å². The molecule has 0 N–H and O–H groups in total. The molecule has 1 heterocycles. The highest BCUT2D eigenvalue weighted by Crippen LogP contribution is 2.34. The lowest BCUT2D eigenvalue weighted by Crippen LogP contribution is -2.41. The highest BCUT2D eigenvalue weighted by Gasteiger charge is 2.28. The van der Waals surface area contributed by atoms with E-state index in [4.69, 9.17) is 0 Å². The Kier molecular flexibility index (Phi) is 6.11. The maximum absolute atomic E-state index is 12.9. The number of para-hydroxylation sites is 1. The van der Waals surface area contributed by atoms with Crippen molar-refractivity contribution in [2.75, 3.05) is 26.7 Å². The van der Waals surface area contributed by atoms with Crippen LogP contribution in [0.3, 0.4) is 0 Å². The summed E-state index contributed by atoms with van der Waals surface area (Å²) < 4.78 is 1.76.